The number of carbonyl (C=O) groups excluding carboxylic acids is 1. The van der Waals surface area contributed by atoms with Gasteiger partial charge < -0.3 is 18.9 Å². The molecule has 0 aliphatic carbocycles. The van der Waals surface area contributed by atoms with Gasteiger partial charge in [0.2, 0.25) is 0 Å². The van der Waals surface area contributed by atoms with E-state index in [1.165, 1.54) is 13.2 Å². The van der Waals surface area contributed by atoms with Gasteiger partial charge in [-0.05, 0) is 49.1 Å². The Balaban J connectivity index is 2.44. The van der Waals surface area contributed by atoms with E-state index in [0.29, 0.717) is 21.9 Å². The summed E-state index contributed by atoms with van der Waals surface area (Å²) in [6.45, 7) is 4.02. The lowest BCUT2D eigenvalue weighted by molar-refractivity contribution is 0.0601. The van der Waals surface area contributed by atoms with Crippen LogP contribution in [0.5, 0.6) is 5.75 Å². The molecule has 0 heterocycles. The Labute approximate surface area is 140 Å². The van der Waals surface area contributed by atoms with Crippen molar-refractivity contribution in [3.8, 4) is 5.75 Å². The number of ether oxygens (including phenoxy) is 1. The SMILES string of the molecule is CCOP(=O)(Cc1cc(O)c2ccc(C(=O)OC)cc2c1)OCC. The molecule has 0 amide bonds. The van der Waals surface area contributed by atoms with Crippen LogP contribution >= 0.6 is 7.60 Å². The summed E-state index contributed by atoms with van der Waals surface area (Å²) < 4.78 is 27.9. The molecule has 2 aromatic rings. The van der Waals surface area contributed by atoms with Crippen LogP contribution in [0.25, 0.3) is 10.8 Å². The number of hydrogen-bond donors (Lipinski definition) is 1. The van der Waals surface area contributed by atoms with Gasteiger partial charge in [0.05, 0.1) is 32.0 Å². The number of fused-ring (bicyclic) bond motifs is 1. The molecule has 0 bridgehead atoms. The van der Waals surface area contributed by atoms with Crippen LogP contribution in [-0.4, -0.2) is 31.4 Å². The predicted molar refractivity (Wildman–Crippen MR) is 91.5 cm³/mol. The molecule has 130 valence electrons. The number of benzene rings is 2. The molecule has 1 N–H and O–H groups in total. The van der Waals surface area contributed by atoms with E-state index in [1.807, 2.05) is 0 Å². The molecule has 0 radical (unpaired) electrons. The van der Waals surface area contributed by atoms with Crippen molar-refractivity contribution < 1.29 is 28.3 Å². The Hall–Kier alpha value is -1.88. The fourth-order valence-electron chi connectivity index (χ4n) is 2.49. The molecule has 0 fully saturated rings. The molecule has 0 saturated carbocycles. The van der Waals surface area contributed by atoms with Crippen LogP contribution in [0, 0.1) is 0 Å². The highest BCUT2D eigenvalue weighted by Crippen LogP contribution is 2.51. The molecular formula is C17H21O6P. The Morgan fingerprint density at radius 2 is 1.79 bits per heavy atom. The van der Waals surface area contributed by atoms with E-state index in [1.54, 1.807) is 38.1 Å². The van der Waals surface area contributed by atoms with E-state index in [4.69, 9.17) is 13.8 Å². The number of methoxy groups -OCH3 is 1. The summed E-state index contributed by atoms with van der Waals surface area (Å²) in [4.78, 5) is 11.7. The lowest BCUT2D eigenvalue weighted by Crippen LogP contribution is -2.01. The maximum atomic E-state index is 12.7. The molecular weight excluding hydrogens is 331 g/mol. The molecule has 0 spiro atoms. The third-order valence-corrected chi connectivity index (χ3v) is 5.50. The van der Waals surface area contributed by atoms with Gasteiger partial charge in [0.15, 0.2) is 0 Å². The van der Waals surface area contributed by atoms with E-state index < -0.39 is 13.6 Å². The topological polar surface area (TPSA) is 82.1 Å². The zero-order chi connectivity index (χ0) is 17.7. The molecule has 0 aliphatic rings. The number of phenols is 1. The van der Waals surface area contributed by atoms with Crippen molar-refractivity contribution >= 4 is 24.3 Å². The minimum absolute atomic E-state index is 0.0402. The minimum Gasteiger partial charge on any atom is -0.507 e. The summed E-state index contributed by atoms with van der Waals surface area (Å²) in [5.74, 6) is -0.422. The standard InChI is InChI=1S/C17H21O6P/c1-4-22-24(20,23-5-2)11-12-8-14-10-13(17(19)21-3)6-7-15(14)16(18)9-12/h6-10,18H,4-5,11H2,1-3H3. The van der Waals surface area contributed by atoms with Gasteiger partial charge in [-0.25, -0.2) is 4.79 Å². The van der Waals surface area contributed by atoms with Crippen LogP contribution < -0.4 is 0 Å². The Kier molecular flexibility index (Phi) is 5.99. The number of hydrogen-bond acceptors (Lipinski definition) is 6. The molecule has 0 unspecified atom stereocenters. The Morgan fingerprint density at radius 3 is 2.38 bits per heavy atom. The maximum absolute atomic E-state index is 12.7. The van der Waals surface area contributed by atoms with Crippen molar-refractivity contribution in [2.45, 2.75) is 20.0 Å². The summed E-state index contributed by atoms with van der Waals surface area (Å²) in [6.07, 6.45) is 0.0423. The first kappa shape index (κ1) is 18.5. The minimum atomic E-state index is -3.28. The van der Waals surface area contributed by atoms with Gasteiger partial charge in [-0.15, -0.1) is 0 Å². The van der Waals surface area contributed by atoms with E-state index >= 15 is 0 Å². The first-order chi connectivity index (χ1) is 11.4. The third-order valence-electron chi connectivity index (χ3n) is 3.44. The van der Waals surface area contributed by atoms with Gasteiger partial charge >= 0.3 is 13.6 Å². The van der Waals surface area contributed by atoms with Gasteiger partial charge in [0, 0.05) is 5.39 Å². The van der Waals surface area contributed by atoms with Crippen LogP contribution in [0.4, 0.5) is 0 Å². The van der Waals surface area contributed by atoms with Crippen LogP contribution in [0.1, 0.15) is 29.8 Å². The first-order valence-electron chi connectivity index (χ1n) is 7.64. The number of aromatic hydroxyl groups is 1. The molecule has 0 aromatic heterocycles. The highest BCUT2D eigenvalue weighted by molar-refractivity contribution is 7.53. The molecule has 6 nitrogen and oxygen atoms in total. The normalized spacial score (nSPS) is 11.6. The third kappa shape index (κ3) is 4.15. The van der Waals surface area contributed by atoms with Gasteiger partial charge in [-0.2, -0.15) is 0 Å². The van der Waals surface area contributed by atoms with E-state index in [2.05, 4.69) is 0 Å². The van der Waals surface area contributed by atoms with E-state index in [-0.39, 0.29) is 25.1 Å². The lowest BCUT2D eigenvalue weighted by Gasteiger charge is -2.17. The van der Waals surface area contributed by atoms with Crippen molar-refractivity contribution in [3.63, 3.8) is 0 Å². The maximum Gasteiger partial charge on any atom is 0.337 e. The van der Waals surface area contributed by atoms with Gasteiger partial charge in [0.25, 0.3) is 0 Å². The first-order valence-corrected chi connectivity index (χ1v) is 9.37. The van der Waals surface area contributed by atoms with E-state index in [0.717, 1.165) is 0 Å². The molecule has 0 saturated heterocycles. The molecule has 7 heteroatoms. The van der Waals surface area contributed by atoms with Crippen molar-refractivity contribution in [1.82, 2.24) is 0 Å². The zero-order valence-electron chi connectivity index (χ0n) is 13.9. The summed E-state index contributed by atoms with van der Waals surface area (Å²) in [5, 5.41) is 11.4. The average molecular weight is 352 g/mol. The van der Waals surface area contributed by atoms with Gasteiger partial charge in [-0.3, -0.25) is 4.57 Å². The summed E-state index contributed by atoms with van der Waals surface area (Å²) in [6, 6.07) is 8.14. The van der Waals surface area contributed by atoms with Crippen molar-refractivity contribution in [2.24, 2.45) is 0 Å². The van der Waals surface area contributed by atoms with Crippen LogP contribution in [0.2, 0.25) is 0 Å². The largest absolute Gasteiger partial charge is 0.507 e. The van der Waals surface area contributed by atoms with Crippen molar-refractivity contribution in [2.75, 3.05) is 20.3 Å². The molecule has 0 atom stereocenters. The highest BCUT2D eigenvalue weighted by Gasteiger charge is 2.24. The second kappa shape index (κ2) is 7.79. The monoisotopic (exact) mass is 352 g/mol. The second-order valence-corrected chi connectivity index (χ2v) is 7.20. The van der Waals surface area contributed by atoms with E-state index in [9.17, 15) is 14.5 Å². The molecule has 2 aromatic carbocycles. The Morgan fingerprint density at radius 1 is 1.12 bits per heavy atom. The quantitative estimate of drug-likeness (QED) is 0.597. The summed E-state index contributed by atoms with van der Waals surface area (Å²) >= 11 is 0. The highest BCUT2D eigenvalue weighted by atomic mass is 31.2. The zero-order valence-corrected chi connectivity index (χ0v) is 14.8. The molecule has 2 rings (SSSR count). The summed E-state index contributed by atoms with van der Waals surface area (Å²) in [5.41, 5.74) is 0.978. The average Bonchev–Trinajstić information content (AvgIpc) is 2.53. The number of carbonyl (C=O) groups is 1. The van der Waals surface area contributed by atoms with Crippen molar-refractivity contribution in [1.29, 1.82) is 0 Å². The van der Waals surface area contributed by atoms with Crippen LogP contribution in [0.15, 0.2) is 30.3 Å². The van der Waals surface area contributed by atoms with Crippen molar-refractivity contribution in [3.05, 3.63) is 41.5 Å². The molecule has 24 heavy (non-hydrogen) atoms. The summed E-state index contributed by atoms with van der Waals surface area (Å²) in [7, 11) is -1.97. The van der Waals surface area contributed by atoms with Gasteiger partial charge in [-0.1, -0.05) is 6.07 Å². The molecule has 0 aliphatic heterocycles. The van der Waals surface area contributed by atoms with Crippen LogP contribution in [-0.2, 0) is 24.5 Å². The number of esters is 1. The number of phenolic OH excluding ortho intramolecular Hbond substituents is 1. The van der Waals surface area contributed by atoms with Crippen LogP contribution in [0.3, 0.4) is 0 Å². The fraction of sp³-hybridized carbons (Fsp3) is 0.353. The smallest absolute Gasteiger partial charge is 0.337 e. The van der Waals surface area contributed by atoms with Gasteiger partial charge in [0.1, 0.15) is 5.75 Å². The number of rotatable bonds is 7. The lowest BCUT2D eigenvalue weighted by atomic mass is 10.0. The Bertz CT molecular complexity index is 776. The fourth-order valence-corrected chi connectivity index (χ4v) is 4.17. The predicted octanol–water partition coefficient (Wildman–Crippen LogP) is 4.10. The second-order valence-electron chi connectivity index (χ2n) is 5.15.